The minimum absolute atomic E-state index is 0.916. The molecule has 102 valence electrons. The van der Waals surface area contributed by atoms with Gasteiger partial charge in [-0.05, 0) is 49.7 Å². The van der Waals surface area contributed by atoms with Gasteiger partial charge in [-0.2, -0.15) is 0 Å². The number of para-hydroxylation sites is 1. The average molecular weight is 273 g/mol. The summed E-state index contributed by atoms with van der Waals surface area (Å²) < 4.78 is 2.14. The zero-order chi connectivity index (χ0) is 14.4. The Morgan fingerprint density at radius 1 is 0.905 bits per heavy atom. The van der Waals surface area contributed by atoms with Crippen molar-refractivity contribution >= 4 is 21.9 Å². The predicted octanol–water partition coefficient (Wildman–Crippen LogP) is 4.19. The van der Waals surface area contributed by atoms with Gasteiger partial charge in [-0.25, -0.2) is 9.97 Å². The summed E-state index contributed by atoms with van der Waals surface area (Å²) in [7, 11) is 0. The summed E-state index contributed by atoms with van der Waals surface area (Å²) in [6.45, 7) is 4.10. The highest BCUT2D eigenvalue weighted by molar-refractivity contribution is 6.07. The molecule has 0 bridgehead atoms. The molecule has 1 aromatic carbocycles. The molecule has 21 heavy (non-hydrogen) atoms. The van der Waals surface area contributed by atoms with Gasteiger partial charge >= 0.3 is 0 Å². The van der Waals surface area contributed by atoms with Gasteiger partial charge in [0.1, 0.15) is 11.5 Å². The van der Waals surface area contributed by atoms with Crippen molar-refractivity contribution in [3.05, 3.63) is 66.0 Å². The van der Waals surface area contributed by atoms with Crippen molar-refractivity contribution in [2.24, 2.45) is 0 Å². The largest absolute Gasteiger partial charge is 0.278 e. The molecule has 0 amide bonds. The van der Waals surface area contributed by atoms with Crippen molar-refractivity contribution in [2.45, 2.75) is 13.8 Å². The van der Waals surface area contributed by atoms with E-state index in [1.807, 2.05) is 19.2 Å². The lowest BCUT2D eigenvalue weighted by Gasteiger charge is -2.06. The number of hydrogen-bond donors (Lipinski definition) is 0. The summed E-state index contributed by atoms with van der Waals surface area (Å²) in [5, 5.41) is 2.38. The third-order valence-corrected chi connectivity index (χ3v) is 3.79. The zero-order valence-electron chi connectivity index (χ0n) is 12.0. The first kappa shape index (κ1) is 12.1. The van der Waals surface area contributed by atoms with E-state index in [4.69, 9.17) is 4.98 Å². The van der Waals surface area contributed by atoms with E-state index in [0.717, 1.165) is 22.7 Å². The highest BCUT2D eigenvalue weighted by Crippen LogP contribution is 2.30. The molecule has 0 aliphatic rings. The monoisotopic (exact) mass is 273 g/mol. The smallest absolute Gasteiger partial charge is 0.147 e. The first-order chi connectivity index (χ1) is 10.2. The van der Waals surface area contributed by atoms with Crippen LogP contribution in [0.3, 0.4) is 0 Å². The molecule has 0 atom stereocenters. The normalized spacial score (nSPS) is 11.3. The number of rotatable bonds is 1. The molecule has 0 saturated carbocycles. The molecule has 0 aliphatic heterocycles. The van der Waals surface area contributed by atoms with Crippen LogP contribution in [-0.4, -0.2) is 14.5 Å². The lowest BCUT2D eigenvalue weighted by atomic mass is 10.2. The number of nitrogens with zero attached hydrogens (tertiary/aromatic N) is 3. The number of benzene rings is 1. The van der Waals surface area contributed by atoms with Gasteiger partial charge in [-0.1, -0.05) is 18.2 Å². The van der Waals surface area contributed by atoms with E-state index in [0.29, 0.717) is 0 Å². The molecule has 3 nitrogen and oxygen atoms in total. The fourth-order valence-corrected chi connectivity index (χ4v) is 2.81. The maximum Gasteiger partial charge on any atom is 0.147 e. The van der Waals surface area contributed by atoms with Crippen molar-refractivity contribution in [2.75, 3.05) is 0 Å². The number of aryl methyl sites for hydroxylation is 2. The van der Waals surface area contributed by atoms with Gasteiger partial charge in [0.2, 0.25) is 0 Å². The summed E-state index contributed by atoms with van der Waals surface area (Å²) in [4.78, 5) is 9.28. The second kappa shape index (κ2) is 4.42. The Bertz CT molecular complexity index is 967. The van der Waals surface area contributed by atoms with E-state index in [9.17, 15) is 0 Å². The highest BCUT2D eigenvalue weighted by Gasteiger charge is 2.13. The third kappa shape index (κ3) is 1.82. The van der Waals surface area contributed by atoms with Gasteiger partial charge < -0.3 is 0 Å². The molecule has 0 saturated heterocycles. The van der Waals surface area contributed by atoms with Crippen molar-refractivity contribution < 1.29 is 0 Å². The Kier molecular flexibility index (Phi) is 2.54. The predicted molar refractivity (Wildman–Crippen MR) is 85.8 cm³/mol. The van der Waals surface area contributed by atoms with E-state index in [2.05, 4.69) is 58.9 Å². The van der Waals surface area contributed by atoms with E-state index in [1.165, 1.54) is 16.3 Å². The molecule has 0 unspecified atom stereocenters. The van der Waals surface area contributed by atoms with Crippen LogP contribution in [0, 0.1) is 13.8 Å². The van der Waals surface area contributed by atoms with Crippen molar-refractivity contribution in [3.63, 3.8) is 0 Å². The fourth-order valence-electron chi connectivity index (χ4n) is 2.81. The maximum absolute atomic E-state index is 4.74. The molecular formula is C18H15N3. The van der Waals surface area contributed by atoms with E-state index < -0.39 is 0 Å². The third-order valence-electron chi connectivity index (χ3n) is 3.79. The quantitative estimate of drug-likeness (QED) is 0.520. The standard InChI is InChI=1S/C18H15N3/c1-12-9-10-19-17(11-12)21-16-6-4-3-5-14(16)15-8-7-13(2)20-18(15)21/h3-11H,1-2H3. The fraction of sp³-hybridized carbons (Fsp3) is 0.111. The Hall–Kier alpha value is -2.68. The van der Waals surface area contributed by atoms with Crippen LogP contribution in [-0.2, 0) is 0 Å². The molecule has 0 aliphatic carbocycles. The van der Waals surface area contributed by atoms with Gasteiger partial charge in [-0.3, -0.25) is 4.57 Å². The Morgan fingerprint density at radius 2 is 1.76 bits per heavy atom. The molecule has 3 heteroatoms. The summed E-state index contributed by atoms with van der Waals surface area (Å²) in [6, 6.07) is 16.7. The molecule has 3 aromatic heterocycles. The van der Waals surface area contributed by atoms with E-state index in [-0.39, 0.29) is 0 Å². The van der Waals surface area contributed by atoms with Gasteiger partial charge in [-0.15, -0.1) is 0 Å². The molecular weight excluding hydrogens is 258 g/mol. The summed E-state index contributed by atoms with van der Waals surface area (Å²) in [6.07, 6.45) is 1.85. The number of aromatic nitrogens is 3. The molecule has 4 rings (SSSR count). The SMILES string of the molecule is Cc1ccnc(-n2c3ccccc3c3ccc(C)nc32)c1. The van der Waals surface area contributed by atoms with E-state index in [1.54, 1.807) is 0 Å². The van der Waals surface area contributed by atoms with Crippen LogP contribution >= 0.6 is 0 Å². The number of fused-ring (bicyclic) bond motifs is 3. The number of pyridine rings is 2. The van der Waals surface area contributed by atoms with Gasteiger partial charge in [0.15, 0.2) is 0 Å². The summed E-state index contributed by atoms with van der Waals surface area (Å²) in [5.74, 6) is 0.916. The Balaban J connectivity index is 2.21. The lowest BCUT2D eigenvalue weighted by molar-refractivity contribution is 1.04. The molecule has 3 heterocycles. The van der Waals surface area contributed by atoms with Crippen LogP contribution in [0.2, 0.25) is 0 Å². The first-order valence-electron chi connectivity index (χ1n) is 7.04. The van der Waals surface area contributed by atoms with Crippen molar-refractivity contribution in [1.29, 1.82) is 0 Å². The van der Waals surface area contributed by atoms with Gasteiger partial charge in [0.05, 0.1) is 5.52 Å². The molecule has 0 radical (unpaired) electrons. The van der Waals surface area contributed by atoms with Crippen LogP contribution in [0.25, 0.3) is 27.8 Å². The van der Waals surface area contributed by atoms with Crippen molar-refractivity contribution in [1.82, 2.24) is 14.5 Å². The Labute approximate surface area is 122 Å². The zero-order valence-corrected chi connectivity index (χ0v) is 12.0. The van der Waals surface area contributed by atoms with Crippen LogP contribution in [0.1, 0.15) is 11.3 Å². The lowest BCUT2D eigenvalue weighted by Crippen LogP contribution is -1.99. The van der Waals surface area contributed by atoms with Crippen LogP contribution in [0.5, 0.6) is 0 Å². The van der Waals surface area contributed by atoms with Crippen molar-refractivity contribution in [3.8, 4) is 5.82 Å². The second-order valence-corrected chi connectivity index (χ2v) is 5.37. The van der Waals surface area contributed by atoms with E-state index >= 15 is 0 Å². The number of hydrogen-bond acceptors (Lipinski definition) is 2. The van der Waals surface area contributed by atoms with Crippen LogP contribution in [0.4, 0.5) is 0 Å². The summed E-state index contributed by atoms with van der Waals surface area (Å²) in [5.41, 5.74) is 4.32. The summed E-state index contributed by atoms with van der Waals surface area (Å²) >= 11 is 0. The topological polar surface area (TPSA) is 30.7 Å². The average Bonchev–Trinajstić information content (AvgIpc) is 2.80. The molecule has 0 fully saturated rings. The molecule has 0 N–H and O–H groups in total. The first-order valence-corrected chi connectivity index (χ1v) is 7.04. The molecule has 0 spiro atoms. The Morgan fingerprint density at radius 3 is 2.62 bits per heavy atom. The minimum Gasteiger partial charge on any atom is -0.278 e. The van der Waals surface area contributed by atoms with Crippen LogP contribution in [0.15, 0.2) is 54.7 Å². The van der Waals surface area contributed by atoms with Gasteiger partial charge in [0.25, 0.3) is 0 Å². The minimum atomic E-state index is 0.916. The van der Waals surface area contributed by atoms with Crippen LogP contribution < -0.4 is 0 Å². The van der Waals surface area contributed by atoms with Gasteiger partial charge in [0, 0.05) is 22.7 Å². The highest BCUT2D eigenvalue weighted by atomic mass is 15.1. The second-order valence-electron chi connectivity index (χ2n) is 5.37. The molecule has 4 aromatic rings. The maximum atomic E-state index is 4.74.